The minimum absolute atomic E-state index is 0.0558. The van der Waals surface area contributed by atoms with Crippen molar-refractivity contribution in [3.05, 3.63) is 23.8 Å². The molecule has 0 aromatic heterocycles. The molecule has 0 amide bonds. The minimum atomic E-state index is 0.0558. The van der Waals surface area contributed by atoms with Gasteiger partial charge in [-0.25, -0.2) is 0 Å². The van der Waals surface area contributed by atoms with E-state index in [2.05, 4.69) is 26.1 Å². The summed E-state index contributed by atoms with van der Waals surface area (Å²) in [6.45, 7) is 9.93. The fraction of sp³-hybridized carbons (Fsp3) is 0.600. The summed E-state index contributed by atoms with van der Waals surface area (Å²) in [6, 6.07) is 5.89. The molecule has 0 saturated carbocycles. The molecule has 0 aliphatic rings. The third kappa shape index (κ3) is 5.49. The van der Waals surface area contributed by atoms with Crippen LogP contribution in [0.5, 0.6) is 11.5 Å². The highest BCUT2D eigenvalue weighted by Crippen LogP contribution is 2.31. The summed E-state index contributed by atoms with van der Waals surface area (Å²) in [5.41, 5.74) is 1.12. The maximum absolute atomic E-state index is 5.68. The number of hydrogen-bond acceptors (Lipinski definition) is 4. The molecule has 108 valence electrons. The van der Waals surface area contributed by atoms with Crippen LogP contribution in [0.25, 0.3) is 0 Å². The van der Waals surface area contributed by atoms with Crippen molar-refractivity contribution in [3.63, 3.8) is 0 Å². The number of methoxy groups -OCH3 is 1. The first-order chi connectivity index (χ1) is 8.98. The fourth-order valence-corrected chi connectivity index (χ4v) is 1.57. The van der Waals surface area contributed by atoms with E-state index in [1.165, 1.54) is 0 Å². The van der Waals surface area contributed by atoms with Crippen molar-refractivity contribution in [2.75, 3.05) is 20.5 Å². The number of para-hydroxylation sites is 1. The molecule has 0 radical (unpaired) electrons. The molecule has 0 aliphatic heterocycles. The van der Waals surface area contributed by atoms with Crippen molar-refractivity contribution < 1.29 is 14.2 Å². The Morgan fingerprint density at radius 2 is 1.95 bits per heavy atom. The number of benzene rings is 1. The summed E-state index contributed by atoms with van der Waals surface area (Å²) in [5, 5.41) is 3.44. The molecule has 19 heavy (non-hydrogen) atoms. The molecule has 0 unspecified atom stereocenters. The monoisotopic (exact) mass is 267 g/mol. The highest BCUT2D eigenvalue weighted by Gasteiger charge is 2.14. The van der Waals surface area contributed by atoms with Crippen LogP contribution in [0.3, 0.4) is 0 Å². The molecule has 1 aromatic carbocycles. The predicted molar refractivity (Wildman–Crippen MR) is 76.7 cm³/mol. The van der Waals surface area contributed by atoms with E-state index in [1.54, 1.807) is 7.11 Å². The van der Waals surface area contributed by atoms with Crippen molar-refractivity contribution >= 4 is 0 Å². The Morgan fingerprint density at radius 3 is 2.53 bits per heavy atom. The number of rotatable bonds is 7. The van der Waals surface area contributed by atoms with Crippen LogP contribution in [0.1, 0.15) is 33.3 Å². The largest absolute Gasteiger partial charge is 0.493 e. The van der Waals surface area contributed by atoms with E-state index in [9.17, 15) is 0 Å². The normalized spacial score (nSPS) is 11.4. The number of ether oxygens (including phenoxy) is 3. The molecule has 0 bridgehead atoms. The highest BCUT2D eigenvalue weighted by molar-refractivity contribution is 5.46. The van der Waals surface area contributed by atoms with Gasteiger partial charge in [0.25, 0.3) is 0 Å². The van der Waals surface area contributed by atoms with Crippen molar-refractivity contribution in [1.29, 1.82) is 0 Å². The third-order valence-electron chi connectivity index (χ3n) is 2.58. The maximum Gasteiger partial charge on any atom is 0.189 e. The molecule has 4 heteroatoms. The summed E-state index contributed by atoms with van der Waals surface area (Å²) in [5.74, 6) is 1.48. The van der Waals surface area contributed by atoms with Gasteiger partial charge in [0, 0.05) is 24.3 Å². The SMILES string of the molecule is CCOCOc1c(CNC(C)(C)C)cccc1OC. The van der Waals surface area contributed by atoms with Crippen molar-refractivity contribution in [2.45, 2.75) is 39.8 Å². The van der Waals surface area contributed by atoms with E-state index < -0.39 is 0 Å². The van der Waals surface area contributed by atoms with Crippen LogP contribution in [0, 0.1) is 0 Å². The van der Waals surface area contributed by atoms with Crippen LogP contribution in [0.15, 0.2) is 18.2 Å². The molecular weight excluding hydrogens is 242 g/mol. The minimum Gasteiger partial charge on any atom is -0.493 e. The van der Waals surface area contributed by atoms with Crippen molar-refractivity contribution in [2.24, 2.45) is 0 Å². The molecule has 0 spiro atoms. The Bertz CT molecular complexity index is 385. The van der Waals surface area contributed by atoms with E-state index in [0.29, 0.717) is 6.61 Å². The second kappa shape index (κ2) is 7.36. The molecule has 0 saturated heterocycles. The summed E-state index contributed by atoms with van der Waals surface area (Å²) in [6.07, 6.45) is 0. The zero-order chi connectivity index (χ0) is 14.3. The number of nitrogens with one attached hydrogen (secondary N) is 1. The van der Waals surface area contributed by atoms with E-state index >= 15 is 0 Å². The Balaban J connectivity index is 2.82. The van der Waals surface area contributed by atoms with Gasteiger partial charge in [-0.1, -0.05) is 12.1 Å². The standard InChI is InChI=1S/C15H25NO3/c1-6-18-11-19-14-12(10-16-15(2,3)4)8-7-9-13(14)17-5/h7-9,16H,6,10-11H2,1-5H3. The van der Waals surface area contributed by atoms with Gasteiger partial charge in [-0.15, -0.1) is 0 Å². The maximum atomic E-state index is 5.68. The van der Waals surface area contributed by atoms with Crippen LogP contribution >= 0.6 is 0 Å². The zero-order valence-corrected chi connectivity index (χ0v) is 12.6. The molecule has 4 nitrogen and oxygen atoms in total. The van der Waals surface area contributed by atoms with Gasteiger partial charge in [-0.05, 0) is 33.8 Å². The van der Waals surface area contributed by atoms with Gasteiger partial charge >= 0.3 is 0 Å². The van der Waals surface area contributed by atoms with Crippen molar-refractivity contribution in [3.8, 4) is 11.5 Å². The predicted octanol–water partition coefficient (Wildman–Crippen LogP) is 2.96. The van der Waals surface area contributed by atoms with Crippen LogP contribution < -0.4 is 14.8 Å². The van der Waals surface area contributed by atoms with Crippen LogP contribution in [-0.2, 0) is 11.3 Å². The summed E-state index contributed by atoms with van der Waals surface area (Å²) < 4.78 is 16.3. The quantitative estimate of drug-likeness (QED) is 0.609. The second-order valence-corrected chi connectivity index (χ2v) is 5.31. The first-order valence-corrected chi connectivity index (χ1v) is 6.59. The van der Waals surface area contributed by atoms with Gasteiger partial charge in [0.15, 0.2) is 18.3 Å². The first-order valence-electron chi connectivity index (χ1n) is 6.59. The zero-order valence-electron chi connectivity index (χ0n) is 12.6. The Hall–Kier alpha value is -1.26. The summed E-state index contributed by atoms with van der Waals surface area (Å²) in [7, 11) is 1.64. The molecule has 0 heterocycles. The lowest BCUT2D eigenvalue weighted by Gasteiger charge is -2.22. The van der Waals surface area contributed by atoms with Crippen LogP contribution in [0.4, 0.5) is 0 Å². The van der Waals surface area contributed by atoms with Crippen LogP contribution in [-0.4, -0.2) is 26.0 Å². The second-order valence-electron chi connectivity index (χ2n) is 5.31. The van der Waals surface area contributed by atoms with Crippen molar-refractivity contribution in [1.82, 2.24) is 5.32 Å². The molecule has 0 aliphatic carbocycles. The van der Waals surface area contributed by atoms with Crippen LogP contribution in [0.2, 0.25) is 0 Å². The molecular formula is C15H25NO3. The fourth-order valence-electron chi connectivity index (χ4n) is 1.57. The summed E-state index contributed by atoms with van der Waals surface area (Å²) in [4.78, 5) is 0. The Morgan fingerprint density at radius 1 is 1.21 bits per heavy atom. The molecule has 1 N–H and O–H groups in total. The van der Waals surface area contributed by atoms with E-state index in [1.807, 2.05) is 25.1 Å². The molecule has 1 rings (SSSR count). The Kier molecular flexibility index (Phi) is 6.12. The average Bonchev–Trinajstić information content (AvgIpc) is 2.36. The summed E-state index contributed by atoms with van der Waals surface area (Å²) >= 11 is 0. The van der Waals surface area contributed by atoms with E-state index in [-0.39, 0.29) is 12.3 Å². The van der Waals surface area contributed by atoms with Gasteiger partial charge in [-0.2, -0.15) is 0 Å². The smallest absolute Gasteiger partial charge is 0.189 e. The molecule has 0 atom stereocenters. The topological polar surface area (TPSA) is 39.7 Å². The first kappa shape index (κ1) is 15.8. The third-order valence-corrected chi connectivity index (χ3v) is 2.58. The average molecular weight is 267 g/mol. The lowest BCUT2D eigenvalue weighted by Crippen LogP contribution is -2.35. The van der Waals surface area contributed by atoms with Gasteiger partial charge in [0.2, 0.25) is 0 Å². The van der Waals surface area contributed by atoms with Gasteiger partial charge in [-0.3, -0.25) is 0 Å². The molecule has 0 fully saturated rings. The molecule has 1 aromatic rings. The van der Waals surface area contributed by atoms with E-state index in [0.717, 1.165) is 23.6 Å². The van der Waals surface area contributed by atoms with Gasteiger partial charge in [0.05, 0.1) is 7.11 Å². The number of hydrogen-bond donors (Lipinski definition) is 1. The Labute approximate surface area is 116 Å². The highest BCUT2D eigenvalue weighted by atomic mass is 16.7. The lowest BCUT2D eigenvalue weighted by atomic mass is 10.1. The van der Waals surface area contributed by atoms with Gasteiger partial charge in [0.1, 0.15) is 0 Å². The lowest BCUT2D eigenvalue weighted by molar-refractivity contribution is 0.0202. The van der Waals surface area contributed by atoms with Gasteiger partial charge < -0.3 is 19.5 Å². The van der Waals surface area contributed by atoms with E-state index in [4.69, 9.17) is 14.2 Å².